The van der Waals surface area contributed by atoms with Crippen LogP contribution in [0.1, 0.15) is 17.0 Å². The van der Waals surface area contributed by atoms with Gasteiger partial charge in [0.25, 0.3) is 0 Å². The van der Waals surface area contributed by atoms with Gasteiger partial charge in [-0.05, 0) is 12.5 Å². The van der Waals surface area contributed by atoms with Crippen LogP contribution in [0.15, 0.2) is 24.3 Å². The molecule has 0 aliphatic carbocycles. The molecule has 1 aromatic carbocycles. The Labute approximate surface area is 76.8 Å². The van der Waals surface area contributed by atoms with E-state index in [1.165, 1.54) is 0 Å². The molecular weight excluding hydrogens is 164 g/mol. The molecule has 0 saturated carbocycles. The van der Waals surface area contributed by atoms with Crippen molar-refractivity contribution in [3.63, 3.8) is 0 Å². The Morgan fingerprint density at radius 1 is 1.46 bits per heavy atom. The lowest BCUT2D eigenvalue weighted by Crippen LogP contribution is -2.19. The number of nitrogens with two attached hydrogens (primary N) is 1. The molecule has 0 heterocycles. The third-order valence-electron chi connectivity index (χ3n) is 1.82. The summed E-state index contributed by atoms with van der Waals surface area (Å²) >= 11 is 0. The second-order valence-corrected chi connectivity index (χ2v) is 2.88. The highest BCUT2D eigenvalue weighted by Crippen LogP contribution is 2.14. The molecule has 13 heavy (non-hydrogen) atoms. The topological polar surface area (TPSA) is 66.9 Å². The van der Waals surface area contributed by atoms with Gasteiger partial charge in [-0.15, -0.1) is 0 Å². The van der Waals surface area contributed by atoms with Crippen molar-refractivity contribution in [3.05, 3.63) is 35.4 Å². The van der Waals surface area contributed by atoms with Gasteiger partial charge in [-0.3, -0.25) is 4.79 Å². The van der Waals surface area contributed by atoms with Crippen molar-refractivity contribution in [2.75, 3.05) is 0 Å². The molecule has 1 amide bonds. The minimum absolute atomic E-state index is 0.605. The fourth-order valence-corrected chi connectivity index (χ4v) is 1.06. The Hall–Kier alpha value is -1.82. The van der Waals surface area contributed by atoms with Crippen LogP contribution < -0.4 is 5.73 Å². The predicted molar refractivity (Wildman–Crippen MR) is 48.7 cm³/mol. The molecule has 1 atom stereocenters. The van der Waals surface area contributed by atoms with Crippen LogP contribution in [0.25, 0.3) is 0 Å². The van der Waals surface area contributed by atoms with Crippen LogP contribution in [0.5, 0.6) is 0 Å². The molecule has 0 bridgehead atoms. The molecule has 1 rings (SSSR count). The number of nitrogens with zero attached hydrogens (tertiary/aromatic N) is 1. The number of hydrogen-bond donors (Lipinski definition) is 1. The van der Waals surface area contributed by atoms with E-state index in [-0.39, 0.29) is 0 Å². The van der Waals surface area contributed by atoms with Crippen molar-refractivity contribution in [1.29, 1.82) is 5.26 Å². The molecule has 0 spiro atoms. The number of amides is 1. The first-order valence-electron chi connectivity index (χ1n) is 3.90. The molecule has 0 aliphatic rings. The van der Waals surface area contributed by atoms with Gasteiger partial charge in [0.2, 0.25) is 5.91 Å². The SMILES string of the molecule is Cc1ccc(C(C#N)C(N)=O)cc1. The minimum atomic E-state index is -0.833. The second kappa shape index (κ2) is 3.72. The second-order valence-electron chi connectivity index (χ2n) is 2.88. The van der Waals surface area contributed by atoms with E-state index in [4.69, 9.17) is 11.0 Å². The molecule has 2 N–H and O–H groups in total. The Kier molecular flexibility index (Phi) is 2.65. The summed E-state index contributed by atoms with van der Waals surface area (Å²) in [5, 5.41) is 8.67. The predicted octanol–water partition coefficient (Wildman–Crippen LogP) is 1.09. The zero-order valence-electron chi connectivity index (χ0n) is 7.32. The minimum Gasteiger partial charge on any atom is -0.368 e. The molecule has 0 fully saturated rings. The van der Waals surface area contributed by atoms with E-state index in [9.17, 15) is 4.79 Å². The lowest BCUT2D eigenvalue weighted by Gasteiger charge is -2.04. The number of carbonyl (C=O) groups excluding carboxylic acids is 1. The highest BCUT2D eigenvalue weighted by molar-refractivity contribution is 5.84. The number of hydrogen-bond acceptors (Lipinski definition) is 2. The number of rotatable bonds is 2. The van der Waals surface area contributed by atoms with Crippen molar-refractivity contribution in [2.45, 2.75) is 12.8 Å². The van der Waals surface area contributed by atoms with Gasteiger partial charge >= 0.3 is 0 Å². The van der Waals surface area contributed by atoms with Crippen LogP contribution in [0, 0.1) is 18.3 Å². The Morgan fingerprint density at radius 2 is 2.00 bits per heavy atom. The first-order chi connectivity index (χ1) is 6.15. The Morgan fingerprint density at radius 3 is 2.38 bits per heavy atom. The number of nitriles is 1. The van der Waals surface area contributed by atoms with E-state index in [2.05, 4.69) is 0 Å². The van der Waals surface area contributed by atoms with Crippen LogP contribution in [-0.4, -0.2) is 5.91 Å². The van der Waals surface area contributed by atoms with E-state index in [0.717, 1.165) is 5.56 Å². The van der Waals surface area contributed by atoms with Crippen molar-refractivity contribution in [2.24, 2.45) is 5.73 Å². The van der Waals surface area contributed by atoms with Crippen molar-refractivity contribution >= 4 is 5.91 Å². The molecular formula is C10H10N2O. The summed E-state index contributed by atoms with van der Waals surface area (Å²) in [7, 11) is 0. The zero-order valence-corrected chi connectivity index (χ0v) is 7.32. The number of primary amides is 1. The molecule has 66 valence electrons. The first kappa shape index (κ1) is 9.27. The van der Waals surface area contributed by atoms with Gasteiger partial charge in [0.1, 0.15) is 5.92 Å². The largest absolute Gasteiger partial charge is 0.368 e. The first-order valence-corrected chi connectivity index (χ1v) is 3.90. The summed E-state index contributed by atoms with van der Waals surface area (Å²) in [5.74, 6) is -1.44. The van der Waals surface area contributed by atoms with Crippen LogP contribution in [-0.2, 0) is 4.79 Å². The van der Waals surface area contributed by atoms with Gasteiger partial charge < -0.3 is 5.73 Å². The monoisotopic (exact) mass is 174 g/mol. The molecule has 1 unspecified atom stereocenters. The highest BCUT2D eigenvalue weighted by Gasteiger charge is 2.15. The lowest BCUT2D eigenvalue weighted by molar-refractivity contribution is -0.118. The average Bonchev–Trinajstić information content (AvgIpc) is 2.09. The number of benzene rings is 1. The van der Waals surface area contributed by atoms with E-state index in [1.807, 2.05) is 25.1 Å². The molecule has 3 heteroatoms. The van der Waals surface area contributed by atoms with E-state index < -0.39 is 11.8 Å². The zero-order chi connectivity index (χ0) is 9.84. The van der Waals surface area contributed by atoms with Gasteiger partial charge in [-0.25, -0.2) is 0 Å². The maximum absolute atomic E-state index is 10.8. The van der Waals surface area contributed by atoms with Crippen LogP contribution in [0.2, 0.25) is 0 Å². The highest BCUT2D eigenvalue weighted by atomic mass is 16.1. The van der Waals surface area contributed by atoms with Crippen LogP contribution in [0.3, 0.4) is 0 Å². The number of aryl methyl sites for hydroxylation is 1. The fourth-order valence-electron chi connectivity index (χ4n) is 1.06. The summed E-state index contributed by atoms with van der Waals surface area (Å²) in [6, 6.07) is 9.05. The van der Waals surface area contributed by atoms with Crippen molar-refractivity contribution in [3.8, 4) is 6.07 Å². The maximum Gasteiger partial charge on any atom is 0.239 e. The van der Waals surface area contributed by atoms with Gasteiger partial charge in [-0.1, -0.05) is 29.8 Å². The van der Waals surface area contributed by atoms with Crippen molar-refractivity contribution in [1.82, 2.24) is 0 Å². The van der Waals surface area contributed by atoms with E-state index >= 15 is 0 Å². The quantitative estimate of drug-likeness (QED) is 0.729. The van der Waals surface area contributed by atoms with E-state index in [1.54, 1.807) is 12.1 Å². The fraction of sp³-hybridized carbons (Fsp3) is 0.200. The van der Waals surface area contributed by atoms with Gasteiger partial charge in [0.15, 0.2) is 0 Å². The summed E-state index contributed by atoms with van der Waals surface area (Å²) < 4.78 is 0. The maximum atomic E-state index is 10.8. The summed E-state index contributed by atoms with van der Waals surface area (Å²) in [5.41, 5.74) is 6.80. The third kappa shape index (κ3) is 2.06. The summed E-state index contributed by atoms with van der Waals surface area (Å²) in [6.07, 6.45) is 0. The molecule has 1 aromatic rings. The van der Waals surface area contributed by atoms with Gasteiger partial charge in [0, 0.05) is 0 Å². The third-order valence-corrected chi connectivity index (χ3v) is 1.82. The molecule has 0 aromatic heterocycles. The Bertz CT molecular complexity index is 348. The standard InChI is InChI=1S/C10H10N2O/c1-7-2-4-8(5-3-7)9(6-11)10(12)13/h2-5,9H,1H3,(H2,12,13). The number of carbonyl (C=O) groups is 1. The van der Waals surface area contributed by atoms with Gasteiger partial charge in [-0.2, -0.15) is 5.26 Å². The summed E-state index contributed by atoms with van der Waals surface area (Å²) in [6.45, 7) is 1.94. The molecule has 3 nitrogen and oxygen atoms in total. The lowest BCUT2D eigenvalue weighted by atomic mass is 9.99. The van der Waals surface area contributed by atoms with Gasteiger partial charge in [0.05, 0.1) is 6.07 Å². The van der Waals surface area contributed by atoms with Crippen LogP contribution in [0.4, 0.5) is 0 Å². The Balaban J connectivity index is 3.01. The normalized spacial score (nSPS) is 11.7. The molecule has 0 aliphatic heterocycles. The average molecular weight is 174 g/mol. The molecule has 0 radical (unpaired) electrons. The van der Waals surface area contributed by atoms with E-state index in [0.29, 0.717) is 5.56 Å². The smallest absolute Gasteiger partial charge is 0.239 e. The van der Waals surface area contributed by atoms with Crippen LogP contribution >= 0.6 is 0 Å². The van der Waals surface area contributed by atoms with Crippen molar-refractivity contribution < 1.29 is 4.79 Å². The summed E-state index contributed by atoms with van der Waals surface area (Å²) in [4.78, 5) is 10.8. The molecule has 0 saturated heterocycles.